The first kappa shape index (κ1) is 22.7. The number of hydrogen-bond acceptors (Lipinski definition) is 3. The van der Waals surface area contributed by atoms with E-state index < -0.39 is 19.5 Å². The van der Waals surface area contributed by atoms with Gasteiger partial charge in [0, 0.05) is 0 Å². The van der Waals surface area contributed by atoms with E-state index in [1.807, 2.05) is 0 Å². The summed E-state index contributed by atoms with van der Waals surface area (Å²) in [6.07, 6.45) is -1.83. The molecule has 7 nitrogen and oxygen atoms in total. The molecule has 0 amide bonds. The van der Waals surface area contributed by atoms with Gasteiger partial charge in [0.05, 0.1) is 0 Å². The number of carboxylic acid groups (broad SMARTS) is 2. The Kier molecular flexibility index (Phi) is 22.9. The van der Waals surface area contributed by atoms with Gasteiger partial charge in [-0.3, -0.25) is 0 Å². The minimum atomic E-state index is -5.25. The second kappa shape index (κ2) is 11.1. The predicted octanol–water partition coefficient (Wildman–Crippen LogP) is -3.07. The molecule has 0 saturated carbocycles. The molecule has 0 aromatic rings. The van der Waals surface area contributed by atoms with Crippen LogP contribution in [0.5, 0.6) is 0 Å². The maximum atomic E-state index is 8.82. The van der Waals surface area contributed by atoms with Gasteiger partial charge in [0.15, 0.2) is 0 Å². The van der Waals surface area contributed by atoms with Crippen molar-refractivity contribution in [3.8, 4) is 0 Å². The summed E-state index contributed by atoms with van der Waals surface area (Å²) in [6.45, 7) is 0. The van der Waals surface area contributed by atoms with Crippen LogP contribution in [0, 0.1) is 0 Å². The average molecular weight is 257 g/mol. The van der Waals surface area contributed by atoms with Crippen LogP contribution in [0.15, 0.2) is 0 Å². The van der Waals surface area contributed by atoms with Gasteiger partial charge < -0.3 is 10.2 Å². The van der Waals surface area contributed by atoms with Gasteiger partial charge in [-0.25, -0.2) is 4.79 Å². The summed E-state index contributed by atoms with van der Waals surface area (Å²) in [5, 5.41) is 13.9. The van der Waals surface area contributed by atoms with E-state index in [-0.39, 0.29) is 52.6 Å². The SMILES string of the molecule is O=C(O)O.O=[Se](=O)(O)O.[MgH2].[NaH]. The third-order valence-corrected chi connectivity index (χ3v) is 0. The Bertz CT molecular complexity index is 161. The molecule has 0 rings (SSSR count). The van der Waals surface area contributed by atoms with Crippen molar-refractivity contribution in [1.29, 1.82) is 0 Å². The van der Waals surface area contributed by atoms with Crippen LogP contribution >= 0.6 is 0 Å². The topological polar surface area (TPSA) is 132 Å². The third-order valence-electron chi connectivity index (χ3n) is 0. The molecule has 0 aromatic heterocycles. The summed E-state index contributed by atoms with van der Waals surface area (Å²) >= 11 is -5.25. The quantitative estimate of drug-likeness (QED) is 0.338. The molecule has 0 saturated heterocycles. The average Bonchev–Trinajstić information content (AvgIpc) is 1.19. The van der Waals surface area contributed by atoms with E-state index in [1.165, 1.54) is 0 Å². The predicted molar refractivity (Wildman–Crippen MR) is 37.9 cm³/mol. The second-order valence-corrected chi connectivity index (χ2v) is 2.61. The van der Waals surface area contributed by atoms with Gasteiger partial charge in [0.25, 0.3) is 0 Å². The van der Waals surface area contributed by atoms with Crippen LogP contribution in [0.3, 0.4) is 0 Å². The Morgan fingerprint density at radius 1 is 1.09 bits per heavy atom. The van der Waals surface area contributed by atoms with Crippen LogP contribution in [0.2, 0.25) is 0 Å². The summed E-state index contributed by atoms with van der Waals surface area (Å²) in [6, 6.07) is 0. The zero-order chi connectivity index (χ0) is 8.08. The first-order valence-corrected chi connectivity index (χ1v) is 4.28. The Balaban J connectivity index is -0.0000000383. The van der Waals surface area contributed by atoms with Crippen LogP contribution in [0.4, 0.5) is 4.79 Å². The van der Waals surface area contributed by atoms with Gasteiger partial charge in [-0.2, -0.15) is 0 Å². The summed E-state index contributed by atoms with van der Waals surface area (Å²) in [7, 11) is 0. The zero-order valence-electron chi connectivity index (χ0n) is 3.92. The Hall–Kier alpha value is 1.08. The Morgan fingerprint density at radius 3 is 1.09 bits per heavy atom. The molecule has 10 heteroatoms. The van der Waals surface area contributed by atoms with Gasteiger partial charge in [0.1, 0.15) is 0 Å². The standard InChI is InChI=1S/CH2O3.Mg.Na.H2O4Se.3H/c2-1(3)4;;;1-5(2,3)4;;;/h(H2,2,3,4);;;(H2,1,2,3,4);;;. The van der Waals surface area contributed by atoms with Crippen molar-refractivity contribution in [2.24, 2.45) is 0 Å². The van der Waals surface area contributed by atoms with Crippen LogP contribution in [-0.2, 0) is 7.67 Å². The molecule has 0 aliphatic heterocycles. The molecule has 0 aliphatic rings. The molecule has 11 heavy (non-hydrogen) atoms. The zero-order valence-corrected chi connectivity index (χ0v) is 5.63. The number of rotatable bonds is 0. The second-order valence-electron chi connectivity index (χ2n) is 0.730. The van der Waals surface area contributed by atoms with Gasteiger partial charge in [-0.05, 0) is 0 Å². The number of hydrogen-bond donors (Lipinski definition) is 4. The van der Waals surface area contributed by atoms with Crippen molar-refractivity contribution in [2.75, 3.05) is 0 Å². The molecule has 62 valence electrons. The molecule has 0 bridgehead atoms. The van der Waals surface area contributed by atoms with E-state index in [4.69, 9.17) is 31.1 Å². The molecule has 0 heterocycles. The van der Waals surface area contributed by atoms with Crippen molar-refractivity contribution in [2.45, 2.75) is 0 Å². The Labute approximate surface area is 102 Å². The van der Waals surface area contributed by atoms with Crippen LogP contribution in [0.25, 0.3) is 0 Å². The fourth-order valence-corrected chi connectivity index (χ4v) is 0. The molecular formula is CH7MgNaO7Se. The van der Waals surface area contributed by atoms with Gasteiger partial charge in [-0.1, -0.05) is 0 Å². The summed E-state index contributed by atoms with van der Waals surface area (Å²) in [4.78, 5) is 8.56. The normalized spacial score (nSPS) is 7.45. The van der Waals surface area contributed by atoms with E-state index in [1.54, 1.807) is 0 Å². The fourth-order valence-electron chi connectivity index (χ4n) is 0. The van der Waals surface area contributed by atoms with Gasteiger partial charge in [-0.15, -0.1) is 0 Å². The van der Waals surface area contributed by atoms with E-state index >= 15 is 0 Å². The first-order chi connectivity index (χ1) is 3.73. The Morgan fingerprint density at radius 2 is 1.09 bits per heavy atom. The van der Waals surface area contributed by atoms with Gasteiger partial charge in [0.2, 0.25) is 0 Å². The van der Waals surface area contributed by atoms with Crippen molar-refractivity contribution >= 4 is 72.1 Å². The number of carbonyl (C=O) groups is 1. The molecule has 0 aromatic carbocycles. The van der Waals surface area contributed by atoms with Crippen molar-refractivity contribution in [1.82, 2.24) is 0 Å². The van der Waals surface area contributed by atoms with Crippen LogP contribution < -0.4 is 0 Å². The minimum absolute atomic E-state index is 0. The summed E-state index contributed by atoms with van der Waals surface area (Å²) in [5.74, 6) is 0. The summed E-state index contributed by atoms with van der Waals surface area (Å²) in [5.41, 5.74) is 0. The fraction of sp³-hybridized carbons (Fsp3) is 0. The van der Waals surface area contributed by atoms with E-state index in [0.29, 0.717) is 0 Å². The molecule has 0 fully saturated rings. The van der Waals surface area contributed by atoms with Gasteiger partial charge >= 0.3 is 88.2 Å². The molecule has 0 spiro atoms. The van der Waals surface area contributed by atoms with Crippen molar-refractivity contribution in [3.63, 3.8) is 0 Å². The van der Waals surface area contributed by atoms with E-state index in [2.05, 4.69) is 0 Å². The molecule has 0 unspecified atom stereocenters. The third kappa shape index (κ3) is 788. The van der Waals surface area contributed by atoms with Crippen LogP contribution in [0.1, 0.15) is 0 Å². The monoisotopic (exact) mass is 258 g/mol. The molecule has 4 N–H and O–H groups in total. The van der Waals surface area contributed by atoms with E-state index in [9.17, 15) is 0 Å². The van der Waals surface area contributed by atoms with Crippen molar-refractivity contribution in [3.05, 3.63) is 0 Å². The molecule has 0 radical (unpaired) electrons. The first-order valence-electron chi connectivity index (χ1n) is 1.35. The summed E-state index contributed by atoms with van der Waals surface area (Å²) < 4.78 is 31.9. The molecule has 0 atom stereocenters. The molecule has 0 aliphatic carbocycles. The van der Waals surface area contributed by atoms with E-state index in [0.717, 1.165) is 0 Å². The van der Waals surface area contributed by atoms with Crippen LogP contribution in [-0.4, -0.2) is 90.7 Å². The molecular weight excluding hydrogens is 250 g/mol. The van der Waals surface area contributed by atoms with Crippen molar-refractivity contribution < 1.29 is 31.1 Å². The maximum absolute atomic E-state index is 8.82.